The van der Waals surface area contributed by atoms with Crippen LogP contribution >= 0.6 is 0 Å². The molecule has 0 aliphatic carbocycles. The SMILES string of the molecule is N[SiH]1CCCCC1.[AlH3].[Zn]. The fourth-order valence-corrected chi connectivity index (χ4v) is 3.05. The van der Waals surface area contributed by atoms with E-state index in [9.17, 15) is 0 Å². The van der Waals surface area contributed by atoms with E-state index in [-0.39, 0.29) is 36.8 Å². The van der Waals surface area contributed by atoms with Gasteiger partial charge in [-0.05, 0) is 12.1 Å². The van der Waals surface area contributed by atoms with Crippen molar-refractivity contribution >= 4 is 26.3 Å². The second-order valence-corrected chi connectivity index (χ2v) is 5.07. The summed E-state index contributed by atoms with van der Waals surface area (Å²) in [5, 5.41) is 5.77. The Morgan fingerprint density at radius 1 is 1.00 bits per heavy atom. The summed E-state index contributed by atoms with van der Waals surface area (Å²) >= 11 is 0. The molecule has 9 heavy (non-hydrogen) atoms. The van der Waals surface area contributed by atoms with Gasteiger partial charge in [0.25, 0.3) is 0 Å². The summed E-state index contributed by atoms with van der Waals surface area (Å²) in [6.07, 6.45) is 4.29. The molecular formula is C5H16AlNSiZn. The second-order valence-electron chi connectivity index (χ2n) is 2.40. The molecule has 1 saturated heterocycles. The first-order valence-electron chi connectivity index (χ1n) is 3.15. The van der Waals surface area contributed by atoms with Crippen molar-refractivity contribution in [1.82, 2.24) is 0 Å². The van der Waals surface area contributed by atoms with Gasteiger partial charge in [0, 0.05) is 19.5 Å². The largest absolute Gasteiger partial charge is 0.353 e. The van der Waals surface area contributed by atoms with Crippen molar-refractivity contribution in [2.45, 2.75) is 31.4 Å². The van der Waals surface area contributed by atoms with Crippen LogP contribution in [0.3, 0.4) is 0 Å². The van der Waals surface area contributed by atoms with Crippen LogP contribution in [-0.2, 0) is 19.5 Å². The van der Waals surface area contributed by atoms with Crippen LogP contribution in [-0.4, -0.2) is 26.3 Å². The maximum Gasteiger partial charge on any atom is 0.187 e. The summed E-state index contributed by atoms with van der Waals surface area (Å²) in [6.45, 7) is 0. The minimum atomic E-state index is -0.595. The zero-order valence-corrected chi connectivity index (χ0v) is 9.52. The molecule has 0 amide bonds. The van der Waals surface area contributed by atoms with Crippen molar-refractivity contribution in [2.24, 2.45) is 5.40 Å². The van der Waals surface area contributed by atoms with Gasteiger partial charge in [0.2, 0.25) is 0 Å². The monoisotopic (exact) mass is 209 g/mol. The molecule has 1 aliphatic heterocycles. The molecule has 1 heterocycles. The van der Waals surface area contributed by atoms with E-state index in [0.29, 0.717) is 0 Å². The van der Waals surface area contributed by atoms with Crippen LogP contribution in [0, 0.1) is 0 Å². The predicted octanol–water partition coefficient (Wildman–Crippen LogP) is -0.334. The van der Waals surface area contributed by atoms with Crippen molar-refractivity contribution in [3.63, 3.8) is 0 Å². The van der Waals surface area contributed by atoms with E-state index in [1.165, 1.54) is 31.4 Å². The Morgan fingerprint density at radius 3 is 1.67 bits per heavy atom. The number of hydrogen-bond acceptors (Lipinski definition) is 1. The van der Waals surface area contributed by atoms with Gasteiger partial charge in [0.05, 0.1) is 0 Å². The molecule has 50 valence electrons. The molecular weight excluding hydrogens is 195 g/mol. The van der Waals surface area contributed by atoms with Gasteiger partial charge in [0.1, 0.15) is 8.96 Å². The summed E-state index contributed by atoms with van der Waals surface area (Å²) < 4.78 is 0. The van der Waals surface area contributed by atoms with Gasteiger partial charge in [-0.15, -0.1) is 0 Å². The summed E-state index contributed by atoms with van der Waals surface area (Å²) in [5.74, 6) is 0. The summed E-state index contributed by atoms with van der Waals surface area (Å²) in [4.78, 5) is 0. The first-order chi connectivity index (χ1) is 3.39. The van der Waals surface area contributed by atoms with E-state index in [1.54, 1.807) is 0 Å². The molecule has 0 aromatic carbocycles. The van der Waals surface area contributed by atoms with E-state index in [1.807, 2.05) is 0 Å². The molecule has 0 spiro atoms. The average Bonchev–Trinajstić information content (AvgIpc) is 1.69. The Bertz CT molecular complexity index is 58.9. The molecule has 1 rings (SSSR count). The Morgan fingerprint density at radius 2 is 1.44 bits per heavy atom. The predicted molar refractivity (Wildman–Crippen MR) is 44.7 cm³/mol. The van der Waals surface area contributed by atoms with Crippen molar-refractivity contribution in [1.29, 1.82) is 0 Å². The van der Waals surface area contributed by atoms with Crippen LogP contribution in [0.15, 0.2) is 0 Å². The summed E-state index contributed by atoms with van der Waals surface area (Å²) in [5.41, 5.74) is 0. The quantitative estimate of drug-likeness (QED) is 0.545. The number of hydrogen-bond donors (Lipinski definition) is 1. The van der Waals surface area contributed by atoms with Crippen molar-refractivity contribution in [3.05, 3.63) is 0 Å². The van der Waals surface area contributed by atoms with Gasteiger partial charge in [-0.3, -0.25) is 0 Å². The van der Waals surface area contributed by atoms with Gasteiger partial charge >= 0.3 is 0 Å². The van der Waals surface area contributed by atoms with Crippen LogP contribution in [0.2, 0.25) is 12.1 Å². The maximum absolute atomic E-state index is 5.77. The van der Waals surface area contributed by atoms with Crippen molar-refractivity contribution in [2.75, 3.05) is 0 Å². The van der Waals surface area contributed by atoms with Crippen LogP contribution in [0.25, 0.3) is 0 Å². The smallest absolute Gasteiger partial charge is 0.187 e. The van der Waals surface area contributed by atoms with Gasteiger partial charge in [0.15, 0.2) is 17.4 Å². The van der Waals surface area contributed by atoms with Gasteiger partial charge in [-0.1, -0.05) is 19.3 Å². The zero-order valence-electron chi connectivity index (χ0n) is 5.40. The van der Waals surface area contributed by atoms with Crippen LogP contribution in [0.1, 0.15) is 19.3 Å². The summed E-state index contributed by atoms with van der Waals surface area (Å²) in [6, 6.07) is 2.81. The molecule has 0 atom stereocenters. The van der Waals surface area contributed by atoms with Gasteiger partial charge in [-0.2, -0.15) is 0 Å². The summed E-state index contributed by atoms with van der Waals surface area (Å²) in [7, 11) is -0.595. The Balaban J connectivity index is 0. The molecule has 1 nitrogen and oxygen atoms in total. The number of rotatable bonds is 0. The topological polar surface area (TPSA) is 26.0 Å². The normalized spacial score (nSPS) is 19.7. The Hall–Kier alpha value is 1.33. The molecule has 0 aromatic heterocycles. The molecule has 0 bridgehead atoms. The van der Waals surface area contributed by atoms with E-state index in [2.05, 4.69) is 0 Å². The Labute approximate surface area is 82.3 Å². The molecule has 0 aromatic rings. The first-order valence-corrected chi connectivity index (χ1v) is 5.45. The molecule has 0 saturated carbocycles. The Kier molecular flexibility index (Phi) is 10.7. The third kappa shape index (κ3) is 5.76. The van der Waals surface area contributed by atoms with E-state index in [0.717, 1.165) is 0 Å². The van der Waals surface area contributed by atoms with E-state index in [4.69, 9.17) is 5.40 Å². The molecule has 2 N–H and O–H groups in total. The van der Waals surface area contributed by atoms with Crippen molar-refractivity contribution in [3.8, 4) is 0 Å². The molecule has 0 radical (unpaired) electrons. The van der Waals surface area contributed by atoms with Gasteiger partial charge in [-0.25, -0.2) is 0 Å². The fourth-order valence-electron chi connectivity index (χ4n) is 1.13. The number of nitrogens with two attached hydrogens (primary N) is 1. The average molecular weight is 211 g/mol. The van der Waals surface area contributed by atoms with Crippen LogP contribution < -0.4 is 5.40 Å². The van der Waals surface area contributed by atoms with E-state index < -0.39 is 8.96 Å². The van der Waals surface area contributed by atoms with Crippen LogP contribution in [0.4, 0.5) is 0 Å². The maximum atomic E-state index is 5.77. The minimum absolute atomic E-state index is 0. The molecule has 0 unspecified atom stereocenters. The first kappa shape index (κ1) is 13.0. The fraction of sp³-hybridized carbons (Fsp3) is 1.00. The van der Waals surface area contributed by atoms with Gasteiger partial charge < -0.3 is 5.40 Å². The third-order valence-electron chi connectivity index (χ3n) is 1.65. The minimum Gasteiger partial charge on any atom is -0.353 e. The van der Waals surface area contributed by atoms with E-state index >= 15 is 0 Å². The molecule has 1 aliphatic rings. The van der Waals surface area contributed by atoms with Crippen LogP contribution in [0.5, 0.6) is 0 Å². The molecule has 4 heteroatoms. The second kappa shape index (κ2) is 7.44. The van der Waals surface area contributed by atoms with Crippen molar-refractivity contribution < 1.29 is 19.5 Å². The molecule has 1 fully saturated rings. The standard InChI is InChI=1S/C5H13NSi.Al.Zn.3H/c6-7-4-2-1-3-5-7;;;;;/h7H,1-6H2;;;;;. The zero-order chi connectivity index (χ0) is 5.11. The third-order valence-corrected chi connectivity index (χ3v) is 3.95.